The average Bonchev–Trinajstić information content (AvgIpc) is 3.37. The molecule has 3 N–H and O–H groups in total. The highest BCUT2D eigenvalue weighted by Crippen LogP contribution is 2.45. The van der Waals surface area contributed by atoms with Crippen LogP contribution in [0.15, 0.2) is 54.6 Å². The fourth-order valence-electron chi connectivity index (χ4n) is 6.94. The number of nitrogens with one attached hydrogen (secondary N) is 2. The maximum absolute atomic E-state index is 14.4. The van der Waals surface area contributed by atoms with Gasteiger partial charge in [0, 0.05) is 24.1 Å². The Hall–Kier alpha value is -4.62. The standard InChI is InChI=1S/C35H39F4N5O5/c1-20(2)44-28-13-9-8-11-26(28)41-33(44)49-25-17-29-30(45)42-34(32(47)48)18-21(34)10-6-4-3-5-7-12-27(31(46)43(29)19-25)40-24-15-22(35(37,38)39)14-23(36)16-24/h6,8-11,13-16,20-21,25,27,29,40H,3-5,7,12,17-19H2,1-2H3,(H,42,45)(H,47,48)/t21-,25-,27+,29+,34-/m1/s1. The van der Waals surface area contributed by atoms with Crippen LogP contribution in [0, 0.1) is 11.7 Å². The van der Waals surface area contributed by atoms with Gasteiger partial charge in [-0.05, 0) is 69.9 Å². The number of hydrogen-bond acceptors (Lipinski definition) is 6. The van der Waals surface area contributed by atoms with E-state index in [1.165, 1.54) is 4.90 Å². The Kier molecular flexibility index (Phi) is 9.34. The number of imidazole rings is 1. The number of fused-ring (bicyclic) bond motifs is 3. The number of amides is 2. The number of benzene rings is 2. The lowest BCUT2D eigenvalue weighted by Crippen LogP contribution is -2.55. The molecule has 14 heteroatoms. The van der Waals surface area contributed by atoms with Gasteiger partial charge in [-0.3, -0.25) is 14.2 Å². The van der Waals surface area contributed by atoms with Crippen molar-refractivity contribution in [2.45, 2.75) is 94.7 Å². The van der Waals surface area contributed by atoms with E-state index in [9.17, 15) is 37.1 Å². The van der Waals surface area contributed by atoms with E-state index < -0.39 is 65.0 Å². The Bertz CT molecular complexity index is 1770. The van der Waals surface area contributed by atoms with Gasteiger partial charge in [0.25, 0.3) is 6.01 Å². The number of carboxylic acids is 1. The highest BCUT2D eigenvalue weighted by Gasteiger charge is 2.61. The van der Waals surface area contributed by atoms with Crippen LogP contribution in [0.3, 0.4) is 0 Å². The highest BCUT2D eigenvalue weighted by atomic mass is 19.4. The summed E-state index contributed by atoms with van der Waals surface area (Å²) in [4.78, 5) is 46.7. The lowest BCUT2D eigenvalue weighted by molar-refractivity contribution is -0.145. The molecule has 2 aliphatic heterocycles. The third-order valence-corrected chi connectivity index (χ3v) is 9.54. The summed E-state index contributed by atoms with van der Waals surface area (Å²) in [7, 11) is 0. The van der Waals surface area contributed by atoms with E-state index in [1.54, 1.807) is 6.08 Å². The van der Waals surface area contributed by atoms with Gasteiger partial charge in [-0.15, -0.1) is 0 Å². The number of carbonyl (C=O) groups is 3. The number of carbonyl (C=O) groups excluding carboxylic acids is 2. The lowest BCUT2D eigenvalue weighted by atomic mass is 10.0. The van der Waals surface area contributed by atoms with Crippen molar-refractivity contribution in [1.29, 1.82) is 0 Å². The Morgan fingerprint density at radius 3 is 2.65 bits per heavy atom. The van der Waals surface area contributed by atoms with Crippen molar-refractivity contribution < 1.29 is 41.8 Å². The third kappa shape index (κ3) is 7.09. The van der Waals surface area contributed by atoms with Crippen molar-refractivity contribution in [3.8, 4) is 6.01 Å². The molecule has 2 aromatic carbocycles. The number of anilines is 1. The first kappa shape index (κ1) is 34.3. The molecule has 2 fully saturated rings. The van der Waals surface area contributed by atoms with Crippen LogP contribution in [0.2, 0.25) is 0 Å². The van der Waals surface area contributed by atoms with E-state index in [2.05, 4.69) is 15.6 Å². The van der Waals surface area contributed by atoms with Crippen molar-refractivity contribution in [2.75, 3.05) is 11.9 Å². The maximum Gasteiger partial charge on any atom is 0.416 e. The normalized spacial score (nSPS) is 26.5. The number of alkyl halides is 3. The zero-order chi connectivity index (χ0) is 35.1. The van der Waals surface area contributed by atoms with E-state index in [0.717, 1.165) is 24.1 Å². The number of halogens is 4. The van der Waals surface area contributed by atoms with Crippen LogP contribution in [0.5, 0.6) is 6.01 Å². The second-order valence-electron chi connectivity index (χ2n) is 13.4. The van der Waals surface area contributed by atoms with E-state index in [4.69, 9.17) is 4.74 Å². The monoisotopic (exact) mass is 685 g/mol. The van der Waals surface area contributed by atoms with Gasteiger partial charge < -0.3 is 25.4 Å². The summed E-state index contributed by atoms with van der Waals surface area (Å²) in [6.07, 6.45) is 1.15. The average molecular weight is 686 g/mol. The number of nitrogens with zero attached hydrogens (tertiary/aromatic N) is 3. The molecule has 1 aromatic heterocycles. The summed E-state index contributed by atoms with van der Waals surface area (Å²) in [5.41, 5.74) is -1.41. The molecule has 1 aliphatic carbocycles. The Labute approximate surface area is 280 Å². The number of aromatic nitrogens is 2. The Balaban J connectivity index is 1.34. The number of allylic oxidation sites excluding steroid dienone is 1. The van der Waals surface area contributed by atoms with Crippen molar-refractivity contribution >= 4 is 34.5 Å². The van der Waals surface area contributed by atoms with Gasteiger partial charge in [0.1, 0.15) is 29.5 Å². The van der Waals surface area contributed by atoms with E-state index in [-0.39, 0.29) is 37.5 Å². The van der Waals surface area contributed by atoms with E-state index in [1.807, 2.05) is 48.8 Å². The van der Waals surface area contributed by atoms with Crippen LogP contribution < -0.4 is 15.4 Å². The summed E-state index contributed by atoms with van der Waals surface area (Å²) >= 11 is 0. The van der Waals surface area contributed by atoms with Gasteiger partial charge in [-0.2, -0.15) is 18.2 Å². The predicted molar refractivity (Wildman–Crippen MR) is 172 cm³/mol. The molecule has 2 amide bonds. The number of carboxylic acid groups (broad SMARTS) is 1. The molecule has 262 valence electrons. The molecule has 0 unspecified atom stereocenters. The zero-order valence-electron chi connectivity index (χ0n) is 27.2. The number of aliphatic carboxylic acids is 1. The van der Waals surface area contributed by atoms with Crippen LogP contribution >= 0.6 is 0 Å². The lowest BCUT2D eigenvalue weighted by Gasteiger charge is -2.30. The fourth-order valence-corrected chi connectivity index (χ4v) is 6.94. The molecule has 0 bridgehead atoms. The quantitative estimate of drug-likeness (QED) is 0.212. The first-order valence-electron chi connectivity index (χ1n) is 16.6. The van der Waals surface area contributed by atoms with Crippen molar-refractivity contribution in [3.63, 3.8) is 0 Å². The minimum Gasteiger partial charge on any atom is -0.479 e. The Morgan fingerprint density at radius 2 is 1.92 bits per heavy atom. The summed E-state index contributed by atoms with van der Waals surface area (Å²) in [6.45, 7) is 3.86. The molecule has 5 atom stereocenters. The minimum absolute atomic E-state index is 0.0139. The minimum atomic E-state index is -4.81. The molecule has 0 spiro atoms. The molecule has 1 saturated carbocycles. The third-order valence-electron chi connectivity index (χ3n) is 9.54. The summed E-state index contributed by atoms with van der Waals surface area (Å²) in [5, 5.41) is 15.7. The molecule has 3 aromatic rings. The molecule has 0 radical (unpaired) electrons. The molecular formula is C35H39F4N5O5. The van der Waals surface area contributed by atoms with Crippen molar-refractivity contribution in [1.82, 2.24) is 19.8 Å². The fraction of sp³-hybridized carbons (Fsp3) is 0.486. The highest BCUT2D eigenvalue weighted by molar-refractivity contribution is 5.96. The summed E-state index contributed by atoms with van der Waals surface area (Å²) < 4.78 is 63.3. The van der Waals surface area contributed by atoms with Gasteiger partial charge in [0.05, 0.1) is 23.1 Å². The molecule has 3 heterocycles. The molecule has 1 saturated heterocycles. The predicted octanol–water partition coefficient (Wildman–Crippen LogP) is 6.08. The van der Waals surface area contributed by atoms with E-state index >= 15 is 0 Å². The van der Waals surface area contributed by atoms with Crippen LogP contribution in [-0.4, -0.2) is 67.6 Å². The first-order chi connectivity index (χ1) is 23.3. The van der Waals surface area contributed by atoms with Gasteiger partial charge in [-0.25, -0.2) is 9.18 Å². The van der Waals surface area contributed by atoms with Crippen LogP contribution in [-0.2, 0) is 20.6 Å². The smallest absolute Gasteiger partial charge is 0.416 e. The van der Waals surface area contributed by atoms with Gasteiger partial charge >= 0.3 is 12.1 Å². The molecule has 10 nitrogen and oxygen atoms in total. The van der Waals surface area contributed by atoms with Gasteiger partial charge in [0.2, 0.25) is 11.8 Å². The van der Waals surface area contributed by atoms with Crippen molar-refractivity contribution in [3.05, 3.63) is 66.0 Å². The van der Waals surface area contributed by atoms with Gasteiger partial charge in [-0.1, -0.05) is 37.1 Å². The molecule has 3 aliphatic rings. The number of para-hydroxylation sites is 2. The molecule has 49 heavy (non-hydrogen) atoms. The number of ether oxygens (including phenoxy) is 1. The van der Waals surface area contributed by atoms with Gasteiger partial charge in [0.15, 0.2) is 0 Å². The summed E-state index contributed by atoms with van der Waals surface area (Å²) in [5.74, 6) is -3.97. The topological polar surface area (TPSA) is 126 Å². The number of rotatable bonds is 6. The largest absolute Gasteiger partial charge is 0.479 e. The second-order valence-corrected chi connectivity index (χ2v) is 13.4. The van der Waals surface area contributed by atoms with Crippen LogP contribution in [0.1, 0.15) is 70.4 Å². The van der Waals surface area contributed by atoms with Crippen LogP contribution in [0.25, 0.3) is 11.0 Å². The second kappa shape index (κ2) is 13.4. The van der Waals surface area contributed by atoms with E-state index in [0.29, 0.717) is 36.9 Å². The number of hydrogen-bond donors (Lipinski definition) is 3. The SMILES string of the molecule is CC(C)n1c(O[C@@H]2C[C@H]3C(=O)N[C@]4(C(=O)O)C[C@H]4C=CCCCCC[C@H](Nc4cc(F)cc(C(F)(F)F)c4)C(=O)N3C2)nc2ccccc21. The Morgan fingerprint density at radius 1 is 1.14 bits per heavy atom. The molecule has 6 rings (SSSR count). The van der Waals surface area contributed by atoms with Crippen LogP contribution in [0.4, 0.5) is 23.2 Å². The molecular weight excluding hydrogens is 646 g/mol. The summed E-state index contributed by atoms with van der Waals surface area (Å²) in [6, 6.07) is 7.48. The first-order valence-corrected chi connectivity index (χ1v) is 16.6. The van der Waals surface area contributed by atoms with Crippen molar-refractivity contribution in [2.24, 2.45) is 5.92 Å². The zero-order valence-corrected chi connectivity index (χ0v) is 27.2. The maximum atomic E-state index is 14.4.